The van der Waals surface area contributed by atoms with E-state index in [-0.39, 0.29) is 5.92 Å². The Kier molecular flexibility index (Phi) is 1.85. The van der Waals surface area contributed by atoms with Crippen molar-refractivity contribution < 1.29 is 6.17 Å². The SMILES string of the molecule is [2H]C(C=O)C(C)C. The summed E-state index contributed by atoms with van der Waals surface area (Å²) >= 11 is 0. The lowest BCUT2D eigenvalue weighted by atomic mass is 10.2. The molecule has 0 rings (SSSR count). The third kappa shape index (κ3) is 3.67. The molecule has 0 N–H and O–H groups in total. The predicted octanol–water partition coefficient (Wildman–Crippen LogP) is 1.23. The van der Waals surface area contributed by atoms with E-state index in [9.17, 15) is 4.79 Å². The van der Waals surface area contributed by atoms with E-state index in [0.717, 1.165) is 0 Å². The van der Waals surface area contributed by atoms with Crippen LogP contribution in [0.5, 0.6) is 0 Å². The number of carbonyl (C=O) groups is 1. The summed E-state index contributed by atoms with van der Waals surface area (Å²) < 4.78 is 6.91. The minimum absolute atomic E-state index is 0.164. The first kappa shape index (κ1) is 3.85. The molecule has 6 heavy (non-hydrogen) atoms. The molecule has 0 radical (unpaired) electrons. The first-order chi connectivity index (χ1) is 3.18. The highest BCUT2D eigenvalue weighted by Crippen LogP contribution is 1.92. The zero-order valence-corrected chi connectivity index (χ0v) is 4.14. The third-order valence-electron chi connectivity index (χ3n) is 0.463. The van der Waals surface area contributed by atoms with E-state index in [1.807, 2.05) is 13.8 Å². The number of aldehydes is 1. The van der Waals surface area contributed by atoms with Gasteiger partial charge in [0.2, 0.25) is 0 Å². The molecule has 0 heterocycles. The molecule has 0 aromatic rings. The highest BCUT2D eigenvalue weighted by molar-refractivity contribution is 5.49. The standard InChI is InChI=1S/C5H10O/c1-5(2)3-4-6/h4-5H,3H2,1-2H3/i3D. The molecule has 0 aliphatic carbocycles. The van der Waals surface area contributed by atoms with Crippen molar-refractivity contribution in [1.29, 1.82) is 0 Å². The second-order valence-electron chi connectivity index (χ2n) is 1.57. The second-order valence-corrected chi connectivity index (χ2v) is 1.57. The fraction of sp³-hybridized carbons (Fsp3) is 0.800. The van der Waals surface area contributed by atoms with Gasteiger partial charge < -0.3 is 4.79 Å². The van der Waals surface area contributed by atoms with E-state index >= 15 is 0 Å². The van der Waals surface area contributed by atoms with Gasteiger partial charge in [-0.05, 0) is 5.92 Å². The van der Waals surface area contributed by atoms with Crippen molar-refractivity contribution in [1.82, 2.24) is 0 Å². The minimum Gasteiger partial charge on any atom is -0.303 e. The topological polar surface area (TPSA) is 17.1 Å². The molecule has 0 aromatic carbocycles. The van der Waals surface area contributed by atoms with Crippen LogP contribution in [0.2, 0.25) is 0 Å². The first-order valence-electron chi connectivity index (χ1n) is 2.63. The molecule has 0 amide bonds. The smallest absolute Gasteiger partial charge is 0.120 e. The van der Waals surface area contributed by atoms with Crippen LogP contribution in [0.1, 0.15) is 21.6 Å². The van der Waals surface area contributed by atoms with Gasteiger partial charge in [-0.2, -0.15) is 0 Å². The molecule has 36 valence electrons. The molecule has 0 bridgehead atoms. The van der Waals surface area contributed by atoms with Crippen molar-refractivity contribution in [2.75, 3.05) is 0 Å². The van der Waals surface area contributed by atoms with Gasteiger partial charge in [-0.3, -0.25) is 0 Å². The molecule has 1 heteroatoms. The van der Waals surface area contributed by atoms with E-state index in [0.29, 0.717) is 6.29 Å². The summed E-state index contributed by atoms with van der Waals surface area (Å²) in [6.07, 6.45) is 0.130. The summed E-state index contributed by atoms with van der Waals surface area (Å²) in [5.74, 6) is 0.164. The Morgan fingerprint density at radius 1 is 2.00 bits per heavy atom. The molecule has 0 aliphatic rings. The average Bonchev–Trinajstić information content (AvgIpc) is 1.65. The summed E-state index contributed by atoms with van der Waals surface area (Å²) in [7, 11) is 0. The van der Waals surface area contributed by atoms with Crippen LogP contribution in [-0.2, 0) is 4.79 Å². The lowest BCUT2D eigenvalue weighted by Gasteiger charge is -1.89. The van der Waals surface area contributed by atoms with E-state index in [1.165, 1.54) is 0 Å². The molecule has 0 aliphatic heterocycles. The van der Waals surface area contributed by atoms with Gasteiger partial charge in [-0.1, -0.05) is 13.8 Å². The summed E-state index contributed by atoms with van der Waals surface area (Å²) in [6.45, 7) is 3.71. The zero-order valence-electron chi connectivity index (χ0n) is 5.14. The Morgan fingerprint density at radius 3 is 2.50 bits per heavy atom. The minimum atomic E-state index is -0.528. The van der Waals surface area contributed by atoms with Crippen molar-refractivity contribution in [3.63, 3.8) is 0 Å². The van der Waals surface area contributed by atoms with Crippen LogP contribution >= 0.6 is 0 Å². The number of carbonyl (C=O) groups excluding carboxylic acids is 1. The lowest BCUT2D eigenvalue weighted by Crippen LogP contribution is -1.84. The Morgan fingerprint density at radius 2 is 2.50 bits per heavy atom. The van der Waals surface area contributed by atoms with Crippen LogP contribution in [-0.4, -0.2) is 6.29 Å². The summed E-state index contributed by atoms with van der Waals surface area (Å²) in [5.41, 5.74) is 0. The normalized spacial score (nSPS) is 16.8. The summed E-state index contributed by atoms with van der Waals surface area (Å²) in [6, 6.07) is 0. The van der Waals surface area contributed by atoms with Gasteiger partial charge in [0.25, 0.3) is 0 Å². The van der Waals surface area contributed by atoms with Crippen molar-refractivity contribution in [3.05, 3.63) is 0 Å². The van der Waals surface area contributed by atoms with Crippen molar-refractivity contribution in [3.8, 4) is 0 Å². The fourth-order valence-electron chi connectivity index (χ4n) is 0.157. The van der Waals surface area contributed by atoms with E-state index in [4.69, 9.17) is 1.37 Å². The van der Waals surface area contributed by atoms with E-state index < -0.39 is 6.40 Å². The average molecular weight is 87.1 g/mol. The van der Waals surface area contributed by atoms with Crippen LogP contribution in [0.3, 0.4) is 0 Å². The molecule has 0 spiro atoms. The van der Waals surface area contributed by atoms with Gasteiger partial charge >= 0.3 is 0 Å². The molecule has 0 aromatic heterocycles. The molecule has 0 saturated carbocycles. The highest BCUT2D eigenvalue weighted by Gasteiger charge is 1.85. The van der Waals surface area contributed by atoms with E-state index in [1.54, 1.807) is 0 Å². The lowest BCUT2D eigenvalue weighted by molar-refractivity contribution is -0.108. The summed E-state index contributed by atoms with van der Waals surface area (Å²) in [5, 5.41) is 0. The maximum absolute atomic E-state index is 9.76. The largest absolute Gasteiger partial charge is 0.303 e. The Hall–Kier alpha value is -0.330. The molecule has 0 saturated heterocycles. The Labute approximate surface area is 39.8 Å². The zero-order chi connectivity index (χ0) is 5.86. The predicted molar refractivity (Wildman–Crippen MR) is 25.5 cm³/mol. The first-order valence-corrected chi connectivity index (χ1v) is 2.06. The second kappa shape index (κ2) is 2.88. The van der Waals surface area contributed by atoms with Crippen molar-refractivity contribution in [2.24, 2.45) is 5.92 Å². The summed E-state index contributed by atoms with van der Waals surface area (Å²) in [4.78, 5) is 9.76. The van der Waals surface area contributed by atoms with Gasteiger partial charge in [-0.15, -0.1) is 0 Å². The number of hydrogen-bond acceptors (Lipinski definition) is 1. The molecule has 1 nitrogen and oxygen atoms in total. The van der Waals surface area contributed by atoms with Gasteiger partial charge in [0.1, 0.15) is 6.29 Å². The van der Waals surface area contributed by atoms with Gasteiger partial charge in [0.05, 0.1) is 0 Å². The maximum Gasteiger partial charge on any atom is 0.120 e. The quantitative estimate of drug-likeness (QED) is 0.463. The molecular weight excluding hydrogens is 76.1 g/mol. The highest BCUT2D eigenvalue weighted by atomic mass is 16.1. The van der Waals surface area contributed by atoms with Crippen LogP contribution in [0, 0.1) is 5.92 Å². The molecular formula is C5H10O. The third-order valence-corrected chi connectivity index (χ3v) is 0.463. The molecule has 0 fully saturated rings. The van der Waals surface area contributed by atoms with Crippen LogP contribution < -0.4 is 0 Å². The number of hydrogen-bond donors (Lipinski definition) is 0. The molecule has 1 unspecified atom stereocenters. The molecule has 1 atom stereocenters. The van der Waals surface area contributed by atoms with Crippen LogP contribution in [0.15, 0.2) is 0 Å². The van der Waals surface area contributed by atoms with Gasteiger partial charge in [0, 0.05) is 7.77 Å². The maximum atomic E-state index is 9.76. The van der Waals surface area contributed by atoms with Crippen molar-refractivity contribution >= 4 is 6.29 Å². The monoisotopic (exact) mass is 87.1 g/mol. The van der Waals surface area contributed by atoms with Crippen molar-refractivity contribution in [2.45, 2.75) is 20.2 Å². The van der Waals surface area contributed by atoms with Gasteiger partial charge in [-0.25, -0.2) is 0 Å². The fourth-order valence-corrected chi connectivity index (χ4v) is 0.157. The van der Waals surface area contributed by atoms with Crippen LogP contribution in [0.25, 0.3) is 0 Å². The van der Waals surface area contributed by atoms with Crippen LogP contribution in [0.4, 0.5) is 0 Å². The number of rotatable bonds is 2. The van der Waals surface area contributed by atoms with E-state index in [2.05, 4.69) is 0 Å². The Bertz CT molecular complexity index is 61.1. The van der Waals surface area contributed by atoms with Gasteiger partial charge in [0.15, 0.2) is 0 Å². The Balaban J connectivity index is 3.33.